The fraction of sp³-hybridized carbons (Fsp3) is 0.278. The molecule has 0 bridgehead atoms. The van der Waals surface area contributed by atoms with Gasteiger partial charge in [0.1, 0.15) is 5.60 Å². The number of hydrogen-bond donors (Lipinski definition) is 0. The molecule has 0 spiro atoms. The van der Waals surface area contributed by atoms with Gasteiger partial charge in [-0.2, -0.15) is 13.2 Å². The van der Waals surface area contributed by atoms with Crippen LogP contribution in [0.25, 0.3) is 0 Å². The molecule has 0 saturated heterocycles. The Morgan fingerprint density at radius 2 is 1.70 bits per heavy atom. The largest absolute Gasteiger partial charge is 0.466 e. The van der Waals surface area contributed by atoms with Gasteiger partial charge >= 0.3 is 6.18 Å². The number of rotatable bonds is 2. The summed E-state index contributed by atoms with van der Waals surface area (Å²) in [7, 11) is 0. The topological polar surface area (TPSA) is 21.6 Å². The maximum Gasteiger partial charge on any atom is 0.393 e. The van der Waals surface area contributed by atoms with Gasteiger partial charge in [0.05, 0.1) is 12.1 Å². The molecule has 1 aliphatic rings. The number of ether oxygens (including phenoxy) is 1. The Bertz CT molecular complexity index is 750. The van der Waals surface area contributed by atoms with Crippen LogP contribution in [0, 0.1) is 6.92 Å². The summed E-state index contributed by atoms with van der Waals surface area (Å²) in [4.78, 5) is 4.40. The van der Waals surface area contributed by atoms with Crippen molar-refractivity contribution in [2.75, 3.05) is 0 Å². The summed E-state index contributed by atoms with van der Waals surface area (Å²) >= 11 is 0. The van der Waals surface area contributed by atoms with Gasteiger partial charge in [-0.3, -0.25) is 0 Å². The van der Waals surface area contributed by atoms with Crippen LogP contribution in [0.1, 0.15) is 30.0 Å². The number of para-hydroxylation sites is 1. The summed E-state index contributed by atoms with van der Waals surface area (Å²) in [5, 5.41) is 0. The van der Waals surface area contributed by atoms with Crippen molar-refractivity contribution in [2.24, 2.45) is 4.99 Å². The van der Waals surface area contributed by atoms with Crippen LogP contribution in [0.5, 0.6) is 0 Å². The first-order chi connectivity index (χ1) is 10.8. The highest BCUT2D eigenvalue weighted by Crippen LogP contribution is 2.44. The summed E-state index contributed by atoms with van der Waals surface area (Å²) in [6.07, 6.45) is -5.40. The van der Waals surface area contributed by atoms with E-state index in [2.05, 4.69) is 4.99 Å². The van der Waals surface area contributed by atoms with Crippen molar-refractivity contribution in [1.82, 2.24) is 0 Å². The first-order valence-electron chi connectivity index (χ1n) is 7.28. The van der Waals surface area contributed by atoms with E-state index in [1.165, 1.54) is 6.92 Å². The van der Waals surface area contributed by atoms with Crippen LogP contribution in [-0.2, 0) is 10.3 Å². The number of aliphatic imine (C=N–C) groups is 1. The first kappa shape index (κ1) is 15.6. The molecular formula is C18H16F3NO. The Kier molecular flexibility index (Phi) is 3.66. The standard InChI is InChI=1S/C18H16F3NO/c1-12-7-9-13(10-8-12)16-22-15-6-4-3-5-14(15)17(2,23-16)11-18(19,20)21/h3-10H,11H2,1-2H3. The molecule has 1 atom stereocenters. The molecule has 0 aromatic heterocycles. The van der Waals surface area contributed by atoms with Crippen LogP contribution >= 0.6 is 0 Å². The molecular weight excluding hydrogens is 303 g/mol. The zero-order valence-electron chi connectivity index (χ0n) is 12.8. The zero-order chi connectivity index (χ0) is 16.7. The summed E-state index contributed by atoms with van der Waals surface area (Å²) in [6.45, 7) is 3.40. The Morgan fingerprint density at radius 3 is 2.35 bits per heavy atom. The van der Waals surface area contributed by atoms with Gasteiger partial charge in [0.15, 0.2) is 0 Å². The lowest BCUT2D eigenvalue weighted by Crippen LogP contribution is -2.36. The van der Waals surface area contributed by atoms with Crippen LogP contribution in [0.4, 0.5) is 18.9 Å². The summed E-state index contributed by atoms with van der Waals surface area (Å²) in [5.74, 6) is 0.218. The third-order valence-corrected chi connectivity index (χ3v) is 3.85. The van der Waals surface area contributed by atoms with Crippen LogP contribution in [0.2, 0.25) is 0 Å². The molecule has 1 aliphatic heterocycles. The molecule has 0 fully saturated rings. The molecule has 0 aliphatic carbocycles. The van der Waals surface area contributed by atoms with E-state index in [1.807, 2.05) is 19.1 Å². The monoisotopic (exact) mass is 319 g/mol. The van der Waals surface area contributed by atoms with Gasteiger partial charge in [-0.15, -0.1) is 0 Å². The van der Waals surface area contributed by atoms with Crippen molar-refractivity contribution in [3.05, 3.63) is 65.2 Å². The van der Waals surface area contributed by atoms with E-state index >= 15 is 0 Å². The number of halogens is 3. The molecule has 2 aromatic carbocycles. The minimum atomic E-state index is -4.34. The van der Waals surface area contributed by atoms with Gasteiger partial charge in [-0.05, 0) is 32.0 Å². The highest BCUT2D eigenvalue weighted by atomic mass is 19.4. The number of aryl methyl sites for hydroxylation is 1. The van der Waals surface area contributed by atoms with E-state index < -0.39 is 18.2 Å². The SMILES string of the molecule is Cc1ccc(C2=Nc3ccccc3C(C)(CC(F)(F)F)O2)cc1. The van der Waals surface area contributed by atoms with Crippen molar-refractivity contribution in [3.63, 3.8) is 0 Å². The molecule has 2 aromatic rings. The molecule has 120 valence electrons. The van der Waals surface area contributed by atoms with E-state index in [1.54, 1.807) is 36.4 Å². The fourth-order valence-electron chi connectivity index (χ4n) is 2.75. The molecule has 5 heteroatoms. The van der Waals surface area contributed by atoms with Crippen LogP contribution in [0.3, 0.4) is 0 Å². The lowest BCUT2D eigenvalue weighted by atomic mass is 9.89. The van der Waals surface area contributed by atoms with E-state index in [0.29, 0.717) is 16.8 Å². The lowest BCUT2D eigenvalue weighted by Gasteiger charge is -2.36. The predicted octanol–water partition coefficient (Wildman–Crippen LogP) is 5.27. The quantitative estimate of drug-likeness (QED) is 0.739. The number of benzene rings is 2. The number of hydrogen-bond acceptors (Lipinski definition) is 2. The van der Waals surface area contributed by atoms with Crippen molar-refractivity contribution in [1.29, 1.82) is 0 Å². The zero-order valence-corrected chi connectivity index (χ0v) is 12.8. The van der Waals surface area contributed by atoms with Crippen molar-refractivity contribution in [3.8, 4) is 0 Å². The third kappa shape index (κ3) is 3.23. The minimum absolute atomic E-state index is 0.218. The molecule has 1 heterocycles. The van der Waals surface area contributed by atoms with Crippen molar-refractivity contribution < 1.29 is 17.9 Å². The second-order valence-electron chi connectivity index (χ2n) is 5.93. The predicted molar refractivity (Wildman–Crippen MR) is 82.9 cm³/mol. The molecule has 0 saturated carbocycles. The molecule has 0 N–H and O–H groups in total. The number of alkyl halides is 3. The second kappa shape index (κ2) is 5.41. The Hall–Kier alpha value is -2.30. The third-order valence-electron chi connectivity index (χ3n) is 3.85. The molecule has 0 amide bonds. The Balaban J connectivity index is 2.08. The Morgan fingerprint density at radius 1 is 1.04 bits per heavy atom. The molecule has 2 nitrogen and oxygen atoms in total. The second-order valence-corrected chi connectivity index (χ2v) is 5.93. The maximum absolute atomic E-state index is 13.0. The van der Waals surface area contributed by atoms with Crippen molar-refractivity contribution in [2.45, 2.75) is 32.0 Å². The summed E-state index contributed by atoms with van der Waals surface area (Å²) in [5.41, 5.74) is 1.20. The van der Waals surface area contributed by atoms with E-state index in [9.17, 15) is 13.2 Å². The average Bonchev–Trinajstić information content (AvgIpc) is 2.46. The molecule has 23 heavy (non-hydrogen) atoms. The highest BCUT2D eigenvalue weighted by molar-refractivity contribution is 5.97. The Labute approximate surface area is 132 Å². The molecule has 0 radical (unpaired) electrons. The first-order valence-corrected chi connectivity index (χ1v) is 7.28. The average molecular weight is 319 g/mol. The van der Waals surface area contributed by atoms with Gasteiger partial charge in [-0.1, -0.05) is 35.9 Å². The smallest absolute Gasteiger partial charge is 0.393 e. The van der Waals surface area contributed by atoms with Crippen molar-refractivity contribution >= 4 is 11.6 Å². The highest BCUT2D eigenvalue weighted by Gasteiger charge is 2.45. The molecule has 3 rings (SSSR count). The fourth-order valence-corrected chi connectivity index (χ4v) is 2.75. The van der Waals surface area contributed by atoms with E-state index in [0.717, 1.165) is 5.56 Å². The maximum atomic E-state index is 13.0. The van der Waals surface area contributed by atoms with E-state index in [4.69, 9.17) is 4.74 Å². The number of nitrogens with zero attached hydrogens (tertiary/aromatic N) is 1. The normalized spacial score (nSPS) is 20.5. The summed E-state index contributed by atoms with van der Waals surface area (Å²) < 4.78 is 44.9. The van der Waals surface area contributed by atoms with Crippen LogP contribution in [-0.4, -0.2) is 12.1 Å². The minimum Gasteiger partial charge on any atom is -0.466 e. The van der Waals surface area contributed by atoms with E-state index in [-0.39, 0.29) is 5.90 Å². The van der Waals surface area contributed by atoms with Crippen LogP contribution < -0.4 is 0 Å². The van der Waals surface area contributed by atoms with Gasteiger partial charge < -0.3 is 4.74 Å². The number of fused-ring (bicyclic) bond motifs is 1. The van der Waals surface area contributed by atoms with Gasteiger partial charge in [0, 0.05) is 11.1 Å². The lowest BCUT2D eigenvalue weighted by molar-refractivity contribution is -0.171. The van der Waals surface area contributed by atoms with Crippen LogP contribution in [0.15, 0.2) is 53.5 Å². The summed E-state index contributed by atoms with van der Waals surface area (Å²) in [6, 6.07) is 14.2. The molecule has 1 unspecified atom stereocenters. The van der Waals surface area contributed by atoms with Gasteiger partial charge in [0.25, 0.3) is 0 Å². The van der Waals surface area contributed by atoms with Gasteiger partial charge in [-0.25, -0.2) is 4.99 Å². The van der Waals surface area contributed by atoms with Gasteiger partial charge in [0.2, 0.25) is 5.90 Å².